The van der Waals surface area contributed by atoms with Crippen molar-refractivity contribution >= 4 is 36.2 Å². The average Bonchev–Trinajstić information content (AvgIpc) is 3.37. The van der Waals surface area contributed by atoms with E-state index in [1.54, 1.807) is 36.4 Å². The van der Waals surface area contributed by atoms with Crippen molar-refractivity contribution < 1.29 is 75.4 Å². The molecule has 5 rings (SSSR count). The van der Waals surface area contributed by atoms with Crippen LogP contribution in [-0.2, 0) is 34.0 Å². The van der Waals surface area contributed by atoms with E-state index in [2.05, 4.69) is 32.1 Å². The zero-order valence-corrected chi connectivity index (χ0v) is 28.9. The number of benzene rings is 4. The second-order valence-corrected chi connectivity index (χ2v) is 11.7. The summed E-state index contributed by atoms with van der Waals surface area (Å²) in [4.78, 5) is 71.4. The number of carbonyl (C=O) groups is 6. The molecule has 0 aromatic heterocycles. The molecule has 0 radical (unpaired) electrons. The SMILES string of the molecule is C=CC(=O)OCOC(=O)Oc1ccc(C(=O)Oc2ccc3c(c2)C(C)(C)c2cc(OC(=O)c4ccc(OC(=O)OCOC(=O)C=C)c(F)c4)ccc2-3)cc1F. The van der Waals surface area contributed by atoms with Crippen LogP contribution in [0.15, 0.2) is 98.1 Å². The number of hydrogen-bond donors (Lipinski definition) is 0. The monoisotopic (exact) mass is 758 g/mol. The summed E-state index contributed by atoms with van der Waals surface area (Å²) in [6, 6.07) is 15.9. The summed E-state index contributed by atoms with van der Waals surface area (Å²) < 4.78 is 67.8. The van der Waals surface area contributed by atoms with Crippen LogP contribution < -0.4 is 18.9 Å². The van der Waals surface area contributed by atoms with Crippen molar-refractivity contribution in [1.29, 1.82) is 0 Å². The van der Waals surface area contributed by atoms with E-state index < -0.39 is 78.3 Å². The molecule has 1 aliphatic carbocycles. The number of esters is 4. The normalized spacial score (nSPS) is 11.8. The summed E-state index contributed by atoms with van der Waals surface area (Å²) >= 11 is 0. The molecule has 14 nitrogen and oxygen atoms in total. The number of fused-ring (bicyclic) bond motifs is 3. The maximum atomic E-state index is 14.7. The third-order valence-corrected chi connectivity index (χ3v) is 7.85. The van der Waals surface area contributed by atoms with Gasteiger partial charge in [-0.3, -0.25) is 0 Å². The highest BCUT2D eigenvalue weighted by Gasteiger charge is 2.36. The molecular formula is C39H28F2O14. The van der Waals surface area contributed by atoms with E-state index in [-0.39, 0.29) is 22.6 Å². The van der Waals surface area contributed by atoms with Crippen LogP contribution in [-0.4, -0.2) is 49.8 Å². The van der Waals surface area contributed by atoms with Crippen molar-refractivity contribution in [2.45, 2.75) is 19.3 Å². The summed E-state index contributed by atoms with van der Waals surface area (Å²) in [6.07, 6.45) is -1.02. The van der Waals surface area contributed by atoms with Gasteiger partial charge in [0.1, 0.15) is 11.5 Å². The topological polar surface area (TPSA) is 176 Å². The Labute approximate surface area is 310 Å². The van der Waals surface area contributed by atoms with Gasteiger partial charge in [0.2, 0.25) is 13.6 Å². The van der Waals surface area contributed by atoms with E-state index in [9.17, 15) is 37.5 Å². The maximum Gasteiger partial charge on any atom is 0.516 e. The molecule has 0 saturated carbocycles. The first kappa shape index (κ1) is 38.9. The standard InChI is InChI=1S/C39H28F2O14/c1-5-33(42)48-19-50-37(46)54-31-13-7-21(15-29(31)40)35(44)52-23-9-11-25-26-12-10-24(18-28(26)39(3,4)27(25)17-23)53-36(45)22-8-14-32(30(41)16-22)55-38(47)51-20-49-34(43)6-2/h5-18H,1-2,19-20H2,3-4H3. The van der Waals surface area contributed by atoms with Gasteiger partial charge < -0.3 is 37.9 Å². The number of carbonyl (C=O) groups excluding carboxylic acids is 6. The molecule has 0 aliphatic heterocycles. The summed E-state index contributed by atoms with van der Waals surface area (Å²) in [5.41, 5.74) is 2.07. The fourth-order valence-electron chi connectivity index (χ4n) is 5.20. The van der Waals surface area contributed by atoms with Crippen molar-refractivity contribution in [3.8, 4) is 34.1 Å². The molecule has 4 aromatic rings. The van der Waals surface area contributed by atoms with Crippen LogP contribution in [0.1, 0.15) is 45.7 Å². The number of halogens is 2. The molecule has 0 unspecified atom stereocenters. The largest absolute Gasteiger partial charge is 0.516 e. The van der Waals surface area contributed by atoms with E-state index in [1.807, 2.05) is 13.8 Å². The van der Waals surface area contributed by atoms with E-state index in [0.29, 0.717) is 0 Å². The Balaban J connectivity index is 1.21. The fourth-order valence-corrected chi connectivity index (χ4v) is 5.20. The number of ether oxygens (including phenoxy) is 8. The molecular weight excluding hydrogens is 730 g/mol. The molecule has 0 atom stereocenters. The number of rotatable bonds is 12. The average molecular weight is 759 g/mol. The Morgan fingerprint density at radius 1 is 0.564 bits per heavy atom. The Morgan fingerprint density at radius 3 is 1.33 bits per heavy atom. The van der Waals surface area contributed by atoms with Gasteiger partial charge in [0.25, 0.3) is 0 Å². The Morgan fingerprint density at radius 2 is 0.964 bits per heavy atom. The Hall–Kier alpha value is -7.36. The van der Waals surface area contributed by atoms with Crippen LogP contribution in [0.3, 0.4) is 0 Å². The van der Waals surface area contributed by atoms with Gasteiger partial charge in [0.15, 0.2) is 23.1 Å². The maximum absolute atomic E-state index is 14.7. The highest BCUT2D eigenvalue weighted by atomic mass is 19.1. The van der Waals surface area contributed by atoms with E-state index in [4.69, 9.17) is 18.9 Å². The Bertz CT molecular complexity index is 2090. The minimum absolute atomic E-state index is 0.147. The minimum Gasteiger partial charge on any atom is -0.425 e. The molecule has 0 fully saturated rings. The second kappa shape index (κ2) is 16.5. The first-order chi connectivity index (χ1) is 26.2. The molecule has 0 spiro atoms. The lowest BCUT2D eigenvalue weighted by Gasteiger charge is -2.22. The van der Waals surface area contributed by atoms with Gasteiger partial charge in [-0.25, -0.2) is 37.5 Å². The van der Waals surface area contributed by atoms with E-state index in [1.165, 1.54) is 12.1 Å². The third-order valence-electron chi connectivity index (χ3n) is 7.85. The Kier molecular flexibility index (Phi) is 11.7. The molecule has 0 saturated heterocycles. The zero-order valence-electron chi connectivity index (χ0n) is 28.9. The van der Waals surface area contributed by atoms with Gasteiger partial charge in [-0.15, -0.1) is 0 Å². The summed E-state index contributed by atoms with van der Waals surface area (Å²) in [5, 5.41) is 0. The predicted molar refractivity (Wildman–Crippen MR) is 183 cm³/mol. The first-order valence-electron chi connectivity index (χ1n) is 15.8. The van der Waals surface area contributed by atoms with Crippen molar-refractivity contribution in [3.05, 3.63) is 132 Å². The van der Waals surface area contributed by atoms with Crippen molar-refractivity contribution in [3.63, 3.8) is 0 Å². The summed E-state index contributed by atoms with van der Waals surface area (Å²) in [7, 11) is 0. The highest BCUT2D eigenvalue weighted by Crippen LogP contribution is 2.50. The quantitative estimate of drug-likeness (QED) is 0.0469. The minimum atomic E-state index is -1.36. The van der Waals surface area contributed by atoms with Gasteiger partial charge in [-0.1, -0.05) is 39.1 Å². The van der Waals surface area contributed by atoms with Gasteiger partial charge in [0, 0.05) is 17.6 Å². The van der Waals surface area contributed by atoms with Crippen molar-refractivity contribution in [1.82, 2.24) is 0 Å². The summed E-state index contributed by atoms with van der Waals surface area (Å²) in [6.45, 7) is 8.59. The van der Waals surface area contributed by atoms with Crippen LogP contribution in [0.2, 0.25) is 0 Å². The molecule has 1 aliphatic rings. The fraction of sp³-hybridized carbons (Fsp3) is 0.128. The molecule has 55 heavy (non-hydrogen) atoms. The molecule has 0 bridgehead atoms. The molecule has 0 heterocycles. The molecule has 0 N–H and O–H groups in total. The van der Waals surface area contributed by atoms with Crippen molar-refractivity contribution in [2.75, 3.05) is 13.6 Å². The van der Waals surface area contributed by atoms with Crippen LogP contribution >= 0.6 is 0 Å². The van der Waals surface area contributed by atoms with E-state index in [0.717, 1.165) is 58.7 Å². The highest BCUT2D eigenvalue weighted by molar-refractivity contribution is 5.93. The van der Waals surface area contributed by atoms with Crippen LogP contribution in [0.5, 0.6) is 23.0 Å². The molecule has 0 amide bonds. The third kappa shape index (κ3) is 9.18. The zero-order chi connectivity index (χ0) is 39.9. The van der Waals surface area contributed by atoms with Crippen LogP contribution in [0.4, 0.5) is 18.4 Å². The van der Waals surface area contributed by atoms with Gasteiger partial charge in [-0.05, 0) is 82.9 Å². The molecule has 4 aromatic carbocycles. The predicted octanol–water partition coefficient (Wildman–Crippen LogP) is 7.11. The second-order valence-electron chi connectivity index (χ2n) is 11.7. The molecule has 282 valence electrons. The van der Waals surface area contributed by atoms with Crippen LogP contribution in [0, 0.1) is 11.6 Å². The van der Waals surface area contributed by atoms with Gasteiger partial charge in [0.05, 0.1) is 11.1 Å². The lowest BCUT2D eigenvalue weighted by molar-refractivity contribution is -0.147. The van der Waals surface area contributed by atoms with Gasteiger partial charge in [-0.2, -0.15) is 0 Å². The van der Waals surface area contributed by atoms with Crippen LogP contribution in [0.25, 0.3) is 11.1 Å². The summed E-state index contributed by atoms with van der Waals surface area (Å²) in [5.74, 6) is -6.48. The lowest BCUT2D eigenvalue weighted by Crippen LogP contribution is -2.17. The lowest BCUT2D eigenvalue weighted by atomic mass is 9.82. The molecule has 16 heteroatoms. The smallest absolute Gasteiger partial charge is 0.425 e. The van der Waals surface area contributed by atoms with Crippen molar-refractivity contribution in [2.24, 2.45) is 0 Å². The number of hydrogen-bond acceptors (Lipinski definition) is 14. The first-order valence-corrected chi connectivity index (χ1v) is 15.8. The van der Waals surface area contributed by atoms with E-state index >= 15 is 0 Å². The van der Waals surface area contributed by atoms with Gasteiger partial charge >= 0.3 is 36.2 Å².